The number of benzene rings is 2. The van der Waals surface area contributed by atoms with Gasteiger partial charge in [0.2, 0.25) is 0 Å². The lowest BCUT2D eigenvalue weighted by molar-refractivity contribution is 0.102. The molecule has 1 amide bonds. The normalized spacial score (nSPS) is 13.6. The van der Waals surface area contributed by atoms with Crippen LogP contribution in [0, 0.1) is 0 Å². The Kier molecular flexibility index (Phi) is 4.83. The number of carbonyl (C=O) groups excluding carboxylic acids is 1. The lowest BCUT2D eigenvalue weighted by atomic mass is 10.0. The molecule has 1 aliphatic heterocycles. The minimum atomic E-state index is -3.76. The molecule has 0 spiro atoms. The molecule has 2 aromatic carbocycles. The Hall–Kier alpha value is -3.19. The number of carbonyl (C=O) groups is 1. The lowest BCUT2D eigenvalue weighted by Gasteiger charge is -2.30. The number of pyridine rings is 1. The number of anilines is 2. The molecule has 142 valence electrons. The fourth-order valence-corrected chi connectivity index (χ4v) is 4.90. The summed E-state index contributed by atoms with van der Waals surface area (Å²) < 4.78 is 28.0. The summed E-state index contributed by atoms with van der Waals surface area (Å²) >= 11 is 0. The predicted molar refractivity (Wildman–Crippen MR) is 108 cm³/mol. The molecule has 6 nitrogen and oxygen atoms in total. The van der Waals surface area contributed by atoms with Crippen molar-refractivity contribution in [2.75, 3.05) is 16.2 Å². The van der Waals surface area contributed by atoms with Crippen molar-refractivity contribution < 1.29 is 13.2 Å². The smallest absolute Gasteiger partial charge is 0.264 e. The van der Waals surface area contributed by atoms with Gasteiger partial charge >= 0.3 is 0 Å². The van der Waals surface area contributed by atoms with Gasteiger partial charge in [-0.2, -0.15) is 0 Å². The fourth-order valence-electron chi connectivity index (χ4n) is 3.31. The van der Waals surface area contributed by atoms with E-state index in [1.807, 2.05) is 24.3 Å². The van der Waals surface area contributed by atoms with Crippen molar-refractivity contribution >= 4 is 27.3 Å². The Morgan fingerprint density at radius 2 is 1.79 bits per heavy atom. The molecule has 0 saturated heterocycles. The number of rotatable bonds is 4. The Morgan fingerprint density at radius 3 is 2.61 bits per heavy atom. The van der Waals surface area contributed by atoms with E-state index in [1.54, 1.807) is 36.7 Å². The highest BCUT2D eigenvalue weighted by atomic mass is 32.2. The third-order valence-electron chi connectivity index (χ3n) is 4.69. The molecule has 7 heteroatoms. The number of hydrogen-bond donors (Lipinski definition) is 1. The molecule has 0 fully saturated rings. The van der Waals surface area contributed by atoms with Crippen molar-refractivity contribution in [2.24, 2.45) is 0 Å². The highest BCUT2D eigenvalue weighted by Crippen LogP contribution is 2.32. The van der Waals surface area contributed by atoms with Gasteiger partial charge in [-0.3, -0.25) is 14.1 Å². The summed E-state index contributed by atoms with van der Waals surface area (Å²) in [5.41, 5.74) is 2.60. The number of aryl methyl sites for hydroxylation is 1. The highest BCUT2D eigenvalue weighted by molar-refractivity contribution is 7.92. The van der Waals surface area contributed by atoms with E-state index in [2.05, 4.69) is 10.3 Å². The van der Waals surface area contributed by atoms with Crippen LogP contribution in [0.1, 0.15) is 22.3 Å². The maximum atomic E-state index is 13.3. The molecule has 3 aromatic rings. The van der Waals surface area contributed by atoms with Crippen LogP contribution in [-0.2, 0) is 16.4 Å². The quantitative estimate of drug-likeness (QED) is 0.736. The van der Waals surface area contributed by atoms with E-state index in [9.17, 15) is 13.2 Å². The van der Waals surface area contributed by atoms with Crippen LogP contribution >= 0.6 is 0 Å². The van der Waals surface area contributed by atoms with Crippen LogP contribution in [0.2, 0.25) is 0 Å². The van der Waals surface area contributed by atoms with Crippen molar-refractivity contribution in [1.82, 2.24) is 4.98 Å². The van der Waals surface area contributed by atoms with Crippen molar-refractivity contribution in [1.29, 1.82) is 0 Å². The zero-order valence-corrected chi connectivity index (χ0v) is 15.9. The number of para-hydroxylation sites is 1. The predicted octanol–water partition coefficient (Wildman–Crippen LogP) is 3.48. The second-order valence-corrected chi connectivity index (χ2v) is 8.39. The second-order valence-electron chi connectivity index (χ2n) is 6.53. The molecular formula is C21H19N3O3S. The molecular weight excluding hydrogens is 374 g/mol. The van der Waals surface area contributed by atoms with Crippen molar-refractivity contribution in [3.05, 3.63) is 84.2 Å². The maximum absolute atomic E-state index is 13.3. The molecule has 1 N–H and O–H groups in total. The van der Waals surface area contributed by atoms with Crippen LogP contribution < -0.4 is 9.62 Å². The molecule has 0 saturated carbocycles. The van der Waals surface area contributed by atoms with E-state index in [1.165, 1.54) is 16.4 Å². The highest BCUT2D eigenvalue weighted by Gasteiger charge is 2.29. The molecule has 0 aliphatic carbocycles. The Bertz CT molecular complexity index is 1110. The average molecular weight is 393 g/mol. The SMILES string of the molecule is O=C(Nc1ccncc1)c1cccc(S(=O)(=O)N2CCCc3ccccc32)c1. The summed E-state index contributed by atoms with van der Waals surface area (Å²) in [4.78, 5) is 16.5. The van der Waals surface area contributed by atoms with Gasteiger partial charge in [0.1, 0.15) is 0 Å². The van der Waals surface area contributed by atoms with E-state index in [-0.39, 0.29) is 16.4 Å². The van der Waals surface area contributed by atoms with Gasteiger partial charge in [-0.1, -0.05) is 24.3 Å². The van der Waals surface area contributed by atoms with Gasteiger partial charge in [-0.15, -0.1) is 0 Å². The number of amides is 1. The van der Waals surface area contributed by atoms with Gasteiger partial charge in [0, 0.05) is 30.2 Å². The van der Waals surface area contributed by atoms with Crippen LogP contribution in [0.5, 0.6) is 0 Å². The second kappa shape index (κ2) is 7.44. The first kappa shape index (κ1) is 18.2. The van der Waals surface area contributed by atoms with Crippen molar-refractivity contribution in [3.63, 3.8) is 0 Å². The summed E-state index contributed by atoms with van der Waals surface area (Å²) in [5, 5.41) is 2.74. The Balaban J connectivity index is 1.65. The molecule has 0 radical (unpaired) electrons. The fraction of sp³-hybridized carbons (Fsp3) is 0.143. The molecule has 1 aromatic heterocycles. The first-order valence-electron chi connectivity index (χ1n) is 8.98. The van der Waals surface area contributed by atoms with Gasteiger partial charge in [0.05, 0.1) is 10.6 Å². The largest absolute Gasteiger partial charge is 0.322 e. The van der Waals surface area contributed by atoms with Crippen molar-refractivity contribution in [2.45, 2.75) is 17.7 Å². The lowest BCUT2D eigenvalue weighted by Crippen LogP contribution is -2.35. The van der Waals surface area contributed by atoms with Gasteiger partial charge < -0.3 is 5.32 Å². The van der Waals surface area contributed by atoms with Crippen LogP contribution in [0.15, 0.2) is 78.0 Å². The Morgan fingerprint density at radius 1 is 1.00 bits per heavy atom. The molecule has 0 atom stereocenters. The van der Waals surface area contributed by atoms with Gasteiger partial charge in [0.25, 0.3) is 15.9 Å². The van der Waals surface area contributed by atoms with Crippen LogP contribution in [0.25, 0.3) is 0 Å². The van der Waals surface area contributed by atoms with Crippen LogP contribution in [-0.4, -0.2) is 25.9 Å². The summed E-state index contributed by atoms with van der Waals surface area (Å²) in [6.07, 6.45) is 4.77. The molecule has 1 aliphatic rings. The minimum Gasteiger partial charge on any atom is -0.322 e. The van der Waals surface area contributed by atoms with Gasteiger partial charge in [0.15, 0.2) is 0 Å². The molecule has 0 bridgehead atoms. The molecule has 4 rings (SSSR count). The molecule has 2 heterocycles. The van der Waals surface area contributed by atoms with E-state index in [0.29, 0.717) is 17.9 Å². The first-order chi connectivity index (χ1) is 13.6. The topological polar surface area (TPSA) is 79.4 Å². The summed E-state index contributed by atoms with van der Waals surface area (Å²) in [6, 6.07) is 17.0. The Labute approximate surface area is 163 Å². The summed E-state index contributed by atoms with van der Waals surface area (Å²) in [6.45, 7) is 0.423. The monoisotopic (exact) mass is 393 g/mol. The van der Waals surface area contributed by atoms with E-state index in [4.69, 9.17) is 0 Å². The zero-order valence-electron chi connectivity index (χ0n) is 15.1. The van der Waals surface area contributed by atoms with E-state index in [0.717, 1.165) is 18.4 Å². The first-order valence-corrected chi connectivity index (χ1v) is 10.4. The van der Waals surface area contributed by atoms with Gasteiger partial charge in [-0.05, 0) is 54.8 Å². The van der Waals surface area contributed by atoms with E-state index >= 15 is 0 Å². The number of nitrogens with zero attached hydrogens (tertiary/aromatic N) is 2. The summed E-state index contributed by atoms with van der Waals surface area (Å²) in [5.74, 6) is -0.373. The van der Waals surface area contributed by atoms with E-state index < -0.39 is 10.0 Å². The summed E-state index contributed by atoms with van der Waals surface area (Å²) in [7, 11) is -3.76. The number of nitrogens with one attached hydrogen (secondary N) is 1. The number of fused-ring (bicyclic) bond motifs is 1. The average Bonchev–Trinajstić information content (AvgIpc) is 2.74. The number of sulfonamides is 1. The molecule has 0 unspecified atom stereocenters. The zero-order chi connectivity index (χ0) is 19.6. The van der Waals surface area contributed by atoms with Crippen LogP contribution in [0.3, 0.4) is 0 Å². The standard InChI is InChI=1S/C21H19N3O3S/c25-21(23-18-10-12-22-13-11-18)17-6-3-8-19(15-17)28(26,27)24-14-4-7-16-5-1-2-9-20(16)24/h1-3,5-6,8-13,15H,4,7,14H2,(H,22,23,25). The third kappa shape index (κ3) is 3.48. The maximum Gasteiger partial charge on any atom is 0.264 e. The molecule has 28 heavy (non-hydrogen) atoms. The van der Waals surface area contributed by atoms with Gasteiger partial charge in [-0.25, -0.2) is 8.42 Å². The number of aromatic nitrogens is 1. The van der Waals surface area contributed by atoms with Crippen LogP contribution in [0.4, 0.5) is 11.4 Å². The number of hydrogen-bond acceptors (Lipinski definition) is 4. The third-order valence-corrected chi connectivity index (χ3v) is 6.50. The minimum absolute atomic E-state index is 0.103. The van der Waals surface area contributed by atoms with Crippen molar-refractivity contribution in [3.8, 4) is 0 Å².